The minimum absolute atomic E-state index is 0.168. The van der Waals surface area contributed by atoms with Gasteiger partial charge >= 0.3 is 5.69 Å². The number of hydrogen-bond acceptors (Lipinski definition) is 5. The van der Waals surface area contributed by atoms with Crippen LogP contribution in [0, 0.1) is 11.3 Å². The van der Waals surface area contributed by atoms with E-state index in [1.54, 1.807) is 4.57 Å². The zero-order chi connectivity index (χ0) is 14.3. The molecule has 7 heteroatoms. The fourth-order valence-electron chi connectivity index (χ4n) is 1.75. The summed E-state index contributed by atoms with van der Waals surface area (Å²) in [6.45, 7) is 7.32. The molecule has 0 saturated heterocycles. The van der Waals surface area contributed by atoms with E-state index in [2.05, 4.69) is 21.6 Å². The molecule has 106 valence electrons. The Morgan fingerprint density at radius 1 is 1.58 bits per heavy atom. The van der Waals surface area contributed by atoms with E-state index < -0.39 is 5.54 Å². The van der Waals surface area contributed by atoms with Crippen molar-refractivity contribution in [2.75, 3.05) is 12.3 Å². The van der Waals surface area contributed by atoms with E-state index >= 15 is 0 Å². The van der Waals surface area contributed by atoms with Gasteiger partial charge in [0.25, 0.3) is 0 Å². The fraction of sp³-hybridized carbons (Fsp3) is 0.750. The van der Waals surface area contributed by atoms with Gasteiger partial charge in [-0.3, -0.25) is 9.88 Å². The van der Waals surface area contributed by atoms with Crippen LogP contribution in [0.3, 0.4) is 0 Å². The number of aromatic amines is 1. The van der Waals surface area contributed by atoms with Crippen LogP contribution in [0.5, 0.6) is 0 Å². The lowest BCUT2D eigenvalue weighted by Gasteiger charge is -2.21. The van der Waals surface area contributed by atoms with Crippen molar-refractivity contribution in [1.29, 1.82) is 5.26 Å². The Morgan fingerprint density at radius 3 is 2.89 bits per heavy atom. The molecule has 1 aromatic heterocycles. The van der Waals surface area contributed by atoms with E-state index in [1.807, 2.05) is 20.8 Å². The van der Waals surface area contributed by atoms with Crippen molar-refractivity contribution in [3.8, 4) is 6.07 Å². The molecule has 19 heavy (non-hydrogen) atoms. The average Bonchev–Trinajstić information content (AvgIpc) is 2.72. The van der Waals surface area contributed by atoms with Gasteiger partial charge in [-0.1, -0.05) is 25.6 Å². The lowest BCUT2D eigenvalue weighted by Crippen LogP contribution is -2.41. The zero-order valence-corrected chi connectivity index (χ0v) is 12.5. The van der Waals surface area contributed by atoms with Crippen molar-refractivity contribution >= 4 is 11.8 Å². The highest BCUT2D eigenvalue weighted by Gasteiger charge is 2.22. The molecule has 0 aromatic carbocycles. The second-order valence-corrected chi connectivity index (χ2v) is 5.60. The average molecular weight is 283 g/mol. The summed E-state index contributed by atoms with van der Waals surface area (Å²) in [4.78, 5) is 11.5. The van der Waals surface area contributed by atoms with Crippen LogP contribution in [0.2, 0.25) is 0 Å². The van der Waals surface area contributed by atoms with Gasteiger partial charge in [-0.05, 0) is 26.3 Å². The SMILES string of the molecule is CCCn1c(SCCC(C)(C#N)NCC)n[nH]c1=O. The van der Waals surface area contributed by atoms with Crippen LogP contribution in [0.1, 0.15) is 33.6 Å². The Kier molecular flexibility index (Phi) is 6.12. The normalized spacial score (nSPS) is 14.0. The summed E-state index contributed by atoms with van der Waals surface area (Å²) in [7, 11) is 0. The first-order valence-corrected chi connectivity index (χ1v) is 7.49. The van der Waals surface area contributed by atoms with Crippen molar-refractivity contribution < 1.29 is 0 Å². The Labute approximate surface area is 117 Å². The molecule has 2 N–H and O–H groups in total. The Bertz CT molecular complexity index is 489. The van der Waals surface area contributed by atoms with E-state index in [1.165, 1.54) is 11.8 Å². The maximum absolute atomic E-state index is 11.5. The van der Waals surface area contributed by atoms with E-state index in [-0.39, 0.29) is 5.69 Å². The summed E-state index contributed by atoms with van der Waals surface area (Å²) >= 11 is 1.51. The number of thioether (sulfide) groups is 1. The monoisotopic (exact) mass is 283 g/mol. The van der Waals surface area contributed by atoms with Gasteiger partial charge in [-0.25, -0.2) is 9.89 Å². The van der Waals surface area contributed by atoms with Gasteiger partial charge in [0.05, 0.1) is 6.07 Å². The third-order valence-corrected chi connectivity index (χ3v) is 3.80. The third kappa shape index (κ3) is 4.40. The molecule has 0 aliphatic heterocycles. The molecular formula is C12H21N5OS. The maximum atomic E-state index is 11.5. The van der Waals surface area contributed by atoms with E-state index in [9.17, 15) is 4.79 Å². The van der Waals surface area contributed by atoms with Crippen molar-refractivity contribution in [2.24, 2.45) is 0 Å². The number of rotatable bonds is 8. The molecule has 0 aliphatic carbocycles. The largest absolute Gasteiger partial charge is 0.343 e. The predicted octanol–water partition coefficient (Wildman–Crippen LogP) is 1.36. The lowest BCUT2D eigenvalue weighted by molar-refractivity contribution is 0.450. The fourth-order valence-corrected chi connectivity index (χ4v) is 2.89. The third-order valence-electron chi connectivity index (χ3n) is 2.82. The van der Waals surface area contributed by atoms with Gasteiger partial charge in [0.1, 0.15) is 5.54 Å². The minimum atomic E-state index is -0.520. The topological polar surface area (TPSA) is 86.5 Å². The molecule has 6 nitrogen and oxygen atoms in total. The quantitative estimate of drug-likeness (QED) is 0.703. The number of nitrogens with zero attached hydrogens (tertiary/aromatic N) is 3. The highest BCUT2D eigenvalue weighted by molar-refractivity contribution is 7.99. The molecule has 1 atom stereocenters. The molecule has 0 saturated carbocycles. The number of hydrogen-bond donors (Lipinski definition) is 2. The standard InChI is InChI=1S/C12H21N5OS/c1-4-7-17-10(18)15-16-11(17)19-8-6-12(3,9-13)14-5-2/h14H,4-8H2,1-3H3,(H,15,18). The van der Waals surface area contributed by atoms with Gasteiger partial charge in [0.15, 0.2) is 5.16 Å². The molecule has 0 fully saturated rings. The maximum Gasteiger partial charge on any atom is 0.343 e. The predicted molar refractivity (Wildman–Crippen MR) is 76.2 cm³/mol. The summed E-state index contributed by atoms with van der Waals surface area (Å²) in [5, 5.41) is 19.5. The van der Waals surface area contributed by atoms with E-state index in [4.69, 9.17) is 5.26 Å². The summed E-state index contributed by atoms with van der Waals surface area (Å²) in [6, 6.07) is 2.29. The number of nitriles is 1. The lowest BCUT2D eigenvalue weighted by atomic mass is 10.0. The molecule has 0 aliphatic rings. The summed E-state index contributed by atoms with van der Waals surface area (Å²) in [6.07, 6.45) is 1.59. The van der Waals surface area contributed by atoms with Gasteiger partial charge in [0.2, 0.25) is 0 Å². The minimum Gasteiger partial charge on any atom is -0.300 e. The summed E-state index contributed by atoms with van der Waals surface area (Å²) in [5.41, 5.74) is -0.687. The molecule has 0 spiro atoms. The van der Waals surface area contributed by atoms with Crippen LogP contribution in [-0.2, 0) is 6.54 Å². The molecule has 0 bridgehead atoms. The summed E-state index contributed by atoms with van der Waals surface area (Å²) < 4.78 is 1.64. The van der Waals surface area contributed by atoms with Crippen LogP contribution >= 0.6 is 11.8 Å². The number of aromatic nitrogens is 3. The van der Waals surface area contributed by atoms with Crippen LogP contribution in [0.25, 0.3) is 0 Å². The zero-order valence-electron chi connectivity index (χ0n) is 11.7. The van der Waals surface area contributed by atoms with Crippen molar-refractivity contribution in [1.82, 2.24) is 20.1 Å². The van der Waals surface area contributed by atoms with Crippen molar-refractivity contribution in [3.05, 3.63) is 10.5 Å². The van der Waals surface area contributed by atoms with E-state index in [0.717, 1.165) is 18.7 Å². The number of nitrogens with one attached hydrogen (secondary N) is 2. The molecule has 1 unspecified atom stereocenters. The molecule has 0 radical (unpaired) electrons. The van der Waals surface area contributed by atoms with Gasteiger partial charge < -0.3 is 0 Å². The molecule has 1 rings (SSSR count). The van der Waals surface area contributed by atoms with E-state index in [0.29, 0.717) is 18.1 Å². The molecule has 0 amide bonds. The van der Waals surface area contributed by atoms with Gasteiger partial charge in [-0.15, -0.1) is 5.10 Å². The van der Waals surface area contributed by atoms with Crippen LogP contribution in [-0.4, -0.2) is 32.6 Å². The molecular weight excluding hydrogens is 262 g/mol. The highest BCUT2D eigenvalue weighted by Crippen LogP contribution is 2.19. The first-order valence-electron chi connectivity index (χ1n) is 6.50. The smallest absolute Gasteiger partial charge is 0.300 e. The van der Waals surface area contributed by atoms with Crippen LogP contribution < -0.4 is 11.0 Å². The summed E-state index contributed by atoms with van der Waals surface area (Å²) in [5.74, 6) is 0.741. The Hall–Kier alpha value is -1.26. The van der Waals surface area contributed by atoms with Crippen molar-refractivity contribution in [2.45, 2.75) is 50.9 Å². The number of H-pyrrole nitrogens is 1. The molecule has 1 heterocycles. The van der Waals surface area contributed by atoms with Crippen LogP contribution in [0.15, 0.2) is 9.95 Å². The van der Waals surface area contributed by atoms with Gasteiger partial charge in [-0.2, -0.15) is 5.26 Å². The first kappa shape index (κ1) is 15.8. The second-order valence-electron chi connectivity index (χ2n) is 4.54. The molecule has 1 aromatic rings. The van der Waals surface area contributed by atoms with Crippen LogP contribution in [0.4, 0.5) is 0 Å². The second kappa shape index (κ2) is 7.36. The first-order chi connectivity index (χ1) is 9.06. The van der Waals surface area contributed by atoms with Crippen molar-refractivity contribution in [3.63, 3.8) is 0 Å². The Balaban J connectivity index is 2.58. The van der Waals surface area contributed by atoms with Gasteiger partial charge in [0, 0.05) is 12.3 Å². The Morgan fingerprint density at radius 2 is 2.32 bits per heavy atom. The highest BCUT2D eigenvalue weighted by atomic mass is 32.2.